The summed E-state index contributed by atoms with van der Waals surface area (Å²) in [6, 6.07) is 14.5. The number of benzene rings is 2. The van der Waals surface area contributed by atoms with E-state index in [1.54, 1.807) is 11.3 Å². The van der Waals surface area contributed by atoms with Crippen LogP contribution in [0.15, 0.2) is 47.6 Å². The van der Waals surface area contributed by atoms with Gasteiger partial charge in [-0.1, -0.05) is 47.2 Å². The summed E-state index contributed by atoms with van der Waals surface area (Å²) in [7, 11) is 0. The van der Waals surface area contributed by atoms with Crippen LogP contribution in [0.2, 0.25) is 0 Å². The molecular formula is C17H17N3S. The van der Waals surface area contributed by atoms with E-state index in [1.165, 1.54) is 15.8 Å². The highest BCUT2D eigenvalue weighted by molar-refractivity contribution is 7.22. The Kier molecular flexibility index (Phi) is 3.71. The van der Waals surface area contributed by atoms with Gasteiger partial charge in [0.25, 0.3) is 0 Å². The first-order valence-corrected chi connectivity index (χ1v) is 7.68. The number of aromatic nitrogens is 1. The van der Waals surface area contributed by atoms with Crippen molar-refractivity contribution in [1.29, 1.82) is 0 Å². The number of aryl methyl sites for hydroxylation is 2. The zero-order valence-corrected chi connectivity index (χ0v) is 13.2. The fourth-order valence-corrected chi connectivity index (χ4v) is 3.14. The summed E-state index contributed by atoms with van der Waals surface area (Å²) in [5.74, 6) is 0. The molecule has 0 amide bonds. The van der Waals surface area contributed by atoms with Gasteiger partial charge >= 0.3 is 0 Å². The number of anilines is 1. The minimum atomic E-state index is 0.820. The third kappa shape index (κ3) is 2.95. The molecule has 21 heavy (non-hydrogen) atoms. The number of hydrogen-bond donors (Lipinski definition) is 1. The molecule has 0 spiro atoms. The van der Waals surface area contributed by atoms with Gasteiger partial charge in [0.05, 0.1) is 15.9 Å². The van der Waals surface area contributed by atoms with Gasteiger partial charge in [-0.05, 0) is 38.5 Å². The van der Waals surface area contributed by atoms with Gasteiger partial charge in [0.15, 0.2) is 0 Å². The molecule has 0 bridgehead atoms. The zero-order valence-electron chi connectivity index (χ0n) is 12.3. The zero-order chi connectivity index (χ0) is 14.8. The van der Waals surface area contributed by atoms with Crippen LogP contribution in [0.3, 0.4) is 0 Å². The van der Waals surface area contributed by atoms with E-state index in [9.17, 15) is 0 Å². The van der Waals surface area contributed by atoms with Crippen LogP contribution in [-0.4, -0.2) is 10.7 Å². The second-order valence-electron chi connectivity index (χ2n) is 5.11. The fraction of sp³-hybridized carbons (Fsp3) is 0.176. The van der Waals surface area contributed by atoms with Crippen LogP contribution >= 0.6 is 11.3 Å². The molecule has 1 N–H and O–H groups in total. The molecule has 0 radical (unpaired) electrons. The standard InChI is InChI=1S/C17H17N3S/c1-11-8-9-14(12(2)10-11)13(3)19-20-17-18-15-6-4-5-7-16(15)21-17/h4-10H,1-3H3,(H,18,20)/b19-13+. The summed E-state index contributed by atoms with van der Waals surface area (Å²) in [5.41, 5.74) is 8.70. The molecule has 0 aliphatic heterocycles. The second kappa shape index (κ2) is 5.66. The molecule has 0 fully saturated rings. The number of para-hydroxylation sites is 1. The van der Waals surface area contributed by atoms with Crippen molar-refractivity contribution in [3.8, 4) is 0 Å². The summed E-state index contributed by atoms with van der Waals surface area (Å²) < 4.78 is 1.17. The Hall–Kier alpha value is -2.20. The average Bonchev–Trinajstić information content (AvgIpc) is 2.87. The van der Waals surface area contributed by atoms with Gasteiger partial charge in [-0.3, -0.25) is 5.43 Å². The Morgan fingerprint density at radius 2 is 1.95 bits per heavy atom. The summed E-state index contributed by atoms with van der Waals surface area (Å²) in [5, 5.41) is 5.28. The number of nitrogens with zero attached hydrogens (tertiary/aromatic N) is 2. The maximum atomic E-state index is 4.52. The van der Waals surface area contributed by atoms with Crippen molar-refractivity contribution >= 4 is 32.4 Å². The van der Waals surface area contributed by atoms with E-state index in [-0.39, 0.29) is 0 Å². The molecule has 1 aromatic heterocycles. The molecule has 0 aliphatic carbocycles. The molecule has 0 saturated carbocycles. The predicted octanol–water partition coefficient (Wildman–Crippen LogP) is 4.75. The Bertz CT molecular complexity index is 785. The lowest BCUT2D eigenvalue weighted by Gasteiger charge is -2.06. The number of nitrogens with one attached hydrogen (secondary N) is 1. The molecular weight excluding hydrogens is 278 g/mol. The maximum Gasteiger partial charge on any atom is 0.204 e. The van der Waals surface area contributed by atoms with Gasteiger partial charge in [-0.25, -0.2) is 4.98 Å². The number of rotatable bonds is 3. The van der Waals surface area contributed by atoms with E-state index in [2.05, 4.69) is 53.6 Å². The van der Waals surface area contributed by atoms with Crippen LogP contribution in [0.4, 0.5) is 5.13 Å². The first kappa shape index (κ1) is 13.8. The molecule has 0 saturated heterocycles. The summed E-state index contributed by atoms with van der Waals surface area (Å²) >= 11 is 1.61. The molecule has 4 heteroatoms. The lowest BCUT2D eigenvalue weighted by Crippen LogP contribution is -2.02. The van der Waals surface area contributed by atoms with Crippen LogP contribution in [0, 0.1) is 13.8 Å². The lowest BCUT2D eigenvalue weighted by atomic mass is 10.0. The Balaban J connectivity index is 1.84. The summed E-state index contributed by atoms with van der Waals surface area (Å²) in [4.78, 5) is 4.52. The minimum absolute atomic E-state index is 0.820. The number of hydrazone groups is 1. The molecule has 0 aliphatic rings. The fourth-order valence-electron chi connectivity index (χ4n) is 2.33. The van der Waals surface area contributed by atoms with Crippen molar-refractivity contribution in [1.82, 2.24) is 4.98 Å². The smallest absolute Gasteiger partial charge is 0.204 e. The van der Waals surface area contributed by atoms with Gasteiger partial charge in [-0.2, -0.15) is 5.10 Å². The lowest BCUT2D eigenvalue weighted by molar-refractivity contribution is 1.28. The van der Waals surface area contributed by atoms with Crippen molar-refractivity contribution in [3.05, 3.63) is 59.2 Å². The van der Waals surface area contributed by atoms with Crippen molar-refractivity contribution in [2.45, 2.75) is 20.8 Å². The molecule has 2 aromatic carbocycles. The van der Waals surface area contributed by atoms with E-state index in [0.29, 0.717) is 0 Å². The van der Waals surface area contributed by atoms with E-state index in [4.69, 9.17) is 0 Å². The highest BCUT2D eigenvalue weighted by Crippen LogP contribution is 2.25. The molecule has 0 unspecified atom stereocenters. The second-order valence-corrected chi connectivity index (χ2v) is 6.14. The summed E-state index contributed by atoms with van der Waals surface area (Å²) in [6.45, 7) is 6.22. The van der Waals surface area contributed by atoms with Gasteiger partial charge in [0.2, 0.25) is 5.13 Å². The van der Waals surface area contributed by atoms with E-state index < -0.39 is 0 Å². The maximum absolute atomic E-state index is 4.52. The van der Waals surface area contributed by atoms with E-state index >= 15 is 0 Å². The average molecular weight is 295 g/mol. The normalized spacial score (nSPS) is 11.9. The van der Waals surface area contributed by atoms with Crippen molar-refractivity contribution in [3.63, 3.8) is 0 Å². The number of fused-ring (bicyclic) bond motifs is 1. The van der Waals surface area contributed by atoms with Crippen molar-refractivity contribution < 1.29 is 0 Å². The number of hydrogen-bond acceptors (Lipinski definition) is 4. The largest absolute Gasteiger partial charge is 0.252 e. The Labute approximate surface area is 128 Å². The van der Waals surface area contributed by atoms with Crippen molar-refractivity contribution in [2.24, 2.45) is 5.10 Å². The van der Waals surface area contributed by atoms with Gasteiger partial charge in [0.1, 0.15) is 0 Å². The van der Waals surface area contributed by atoms with E-state index in [0.717, 1.165) is 21.9 Å². The Morgan fingerprint density at radius 1 is 1.14 bits per heavy atom. The van der Waals surface area contributed by atoms with Gasteiger partial charge in [-0.15, -0.1) is 0 Å². The Morgan fingerprint density at radius 3 is 2.71 bits per heavy atom. The first-order chi connectivity index (χ1) is 10.1. The third-order valence-corrected chi connectivity index (χ3v) is 4.33. The molecule has 3 rings (SSSR count). The van der Waals surface area contributed by atoms with E-state index in [1.807, 2.05) is 25.1 Å². The highest BCUT2D eigenvalue weighted by Gasteiger charge is 2.04. The van der Waals surface area contributed by atoms with Crippen LogP contribution < -0.4 is 5.43 Å². The summed E-state index contributed by atoms with van der Waals surface area (Å²) in [6.07, 6.45) is 0. The molecule has 3 nitrogen and oxygen atoms in total. The van der Waals surface area contributed by atoms with Gasteiger partial charge in [0, 0.05) is 5.56 Å². The first-order valence-electron chi connectivity index (χ1n) is 6.87. The molecule has 3 aromatic rings. The third-order valence-electron chi connectivity index (χ3n) is 3.38. The van der Waals surface area contributed by atoms with Crippen molar-refractivity contribution in [2.75, 3.05) is 5.43 Å². The topological polar surface area (TPSA) is 37.3 Å². The minimum Gasteiger partial charge on any atom is -0.252 e. The van der Waals surface area contributed by atoms with Crippen LogP contribution in [0.5, 0.6) is 0 Å². The number of thiazole rings is 1. The SMILES string of the molecule is C/C(=N\Nc1nc2ccccc2s1)c1ccc(C)cc1C. The predicted molar refractivity (Wildman–Crippen MR) is 91.4 cm³/mol. The van der Waals surface area contributed by atoms with Crippen LogP contribution in [-0.2, 0) is 0 Å². The molecule has 0 atom stereocenters. The highest BCUT2D eigenvalue weighted by atomic mass is 32.1. The monoisotopic (exact) mass is 295 g/mol. The molecule has 106 valence electrons. The van der Waals surface area contributed by atoms with Crippen LogP contribution in [0.25, 0.3) is 10.2 Å². The molecule has 1 heterocycles. The van der Waals surface area contributed by atoms with Crippen LogP contribution in [0.1, 0.15) is 23.6 Å². The van der Waals surface area contributed by atoms with Gasteiger partial charge < -0.3 is 0 Å². The quantitative estimate of drug-likeness (QED) is 0.559.